The molecule has 0 unspecified atom stereocenters. The predicted molar refractivity (Wildman–Crippen MR) is 70.3 cm³/mol. The number of hydrogen-bond acceptors (Lipinski definition) is 4. The fourth-order valence-corrected chi connectivity index (χ4v) is 1.77. The van der Waals surface area contributed by atoms with Crippen LogP contribution in [0.25, 0.3) is 0 Å². The van der Waals surface area contributed by atoms with E-state index in [1.165, 1.54) is 0 Å². The average molecular weight is 256 g/mol. The van der Waals surface area contributed by atoms with Crippen LogP contribution in [0.5, 0.6) is 0 Å². The highest BCUT2D eigenvalue weighted by Crippen LogP contribution is 1.94. The highest BCUT2D eigenvalue weighted by atomic mass is 16.2. The van der Waals surface area contributed by atoms with E-state index in [0.717, 1.165) is 32.6 Å². The Labute approximate surface area is 108 Å². The number of urea groups is 1. The number of carbonyl (C=O) groups is 2. The Balaban J connectivity index is 2.21. The highest BCUT2D eigenvalue weighted by Gasteiger charge is 2.14. The molecule has 0 aromatic heterocycles. The number of carbonyl (C=O) groups excluding carboxylic acids is 2. The molecule has 0 aromatic carbocycles. The number of rotatable bonds is 4. The van der Waals surface area contributed by atoms with Gasteiger partial charge in [-0.3, -0.25) is 15.0 Å². The van der Waals surface area contributed by atoms with Crippen LogP contribution >= 0.6 is 0 Å². The van der Waals surface area contributed by atoms with Crippen molar-refractivity contribution >= 4 is 11.9 Å². The summed E-state index contributed by atoms with van der Waals surface area (Å²) in [4.78, 5) is 25.1. The van der Waals surface area contributed by atoms with Crippen molar-refractivity contribution in [2.45, 2.75) is 20.3 Å². The highest BCUT2D eigenvalue weighted by molar-refractivity contribution is 5.95. The first kappa shape index (κ1) is 14.9. The molecule has 104 valence electrons. The third kappa shape index (κ3) is 6.56. The van der Waals surface area contributed by atoms with Gasteiger partial charge in [-0.05, 0) is 25.4 Å². The number of imide groups is 1. The van der Waals surface area contributed by atoms with E-state index < -0.39 is 6.03 Å². The summed E-state index contributed by atoms with van der Waals surface area (Å²) >= 11 is 0. The molecule has 0 saturated carbocycles. The van der Waals surface area contributed by atoms with Crippen molar-refractivity contribution in [3.05, 3.63) is 0 Å². The largest absolute Gasteiger partial charge is 0.338 e. The first-order chi connectivity index (χ1) is 8.58. The topological polar surface area (TPSA) is 73.5 Å². The molecule has 6 heteroatoms. The summed E-state index contributed by atoms with van der Waals surface area (Å²) < 4.78 is 0. The minimum atomic E-state index is -0.401. The minimum Gasteiger partial charge on any atom is -0.338 e. The first-order valence-corrected chi connectivity index (χ1v) is 6.58. The molecule has 6 nitrogen and oxygen atoms in total. The molecule has 1 fully saturated rings. The summed E-state index contributed by atoms with van der Waals surface area (Å²) in [5.74, 6) is 0.140. The van der Waals surface area contributed by atoms with Gasteiger partial charge in [0.25, 0.3) is 0 Å². The molecule has 18 heavy (non-hydrogen) atoms. The molecule has 1 heterocycles. The SMILES string of the molecule is CC(C)CNC(=O)NC(=O)CN1CCCNCC1. The van der Waals surface area contributed by atoms with Crippen LogP contribution < -0.4 is 16.0 Å². The Morgan fingerprint density at radius 1 is 1.28 bits per heavy atom. The van der Waals surface area contributed by atoms with Crippen LogP contribution in [0.15, 0.2) is 0 Å². The molecule has 0 radical (unpaired) electrons. The van der Waals surface area contributed by atoms with Gasteiger partial charge in [-0.15, -0.1) is 0 Å². The lowest BCUT2D eigenvalue weighted by Crippen LogP contribution is -2.45. The lowest BCUT2D eigenvalue weighted by molar-refractivity contribution is -0.121. The number of nitrogens with zero attached hydrogens (tertiary/aromatic N) is 1. The summed E-state index contributed by atoms with van der Waals surface area (Å²) in [6.07, 6.45) is 1.03. The van der Waals surface area contributed by atoms with Crippen LogP contribution in [-0.4, -0.2) is 56.1 Å². The smallest absolute Gasteiger partial charge is 0.321 e. The predicted octanol–water partition coefficient (Wildman–Crippen LogP) is -0.236. The van der Waals surface area contributed by atoms with E-state index in [-0.39, 0.29) is 12.5 Å². The molecule has 3 N–H and O–H groups in total. The molecule has 3 amide bonds. The van der Waals surface area contributed by atoms with Crippen molar-refractivity contribution in [3.8, 4) is 0 Å². The quantitative estimate of drug-likeness (QED) is 0.649. The molecule has 1 saturated heterocycles. The lowest BCUT2D eigenvalue weighted by atomic mass is 10.2. The second kappa shape index (κ2) is 8.05. The van der Waals surface area contributed by atoms with Gasteiger partial charge in [0.2, 0.25) is 5.91 Å². The molecule has 1 aliphatic rings. The van der Waals surface area contributed by atoms with E-state index in [9.17, 15) is 9.59 Å². The van der Waals surface area contributed by atoms with Crippen LogP contribution in [0.4, 0.5) is 4.79 Å². The van der Waals surface area contributed by atoms with Crippen LogP contribution in [0.2, 0.25) is 0 Å². The van der Waals surface area contributed by atoms with E-state index in [1.54, 1.807) is 0 Å². The van der Waals surface area contributed by atoms with Crippen LogP contribution in [0, 0.1) is 5.92 Å². The van der Waals surface area contributed by atoms with E-state index in [4.69, 9.17) is 0 Å². The fraction of sp³-hybridized carbons (Fsp3) is 0.833. The van der Waals surface area contributed by atoms with Crippen molar-refractivity contribution in [1.82, 2.24) is 20.9 Å². The van der Waals surface area contributed by atoms with Gasteiger partial charge in [0.15, 0.2) is 0 Å². The van der Waals surface area contributed by atoms with Crippen LogP contribution in [-0.2, 0) is 4.79 Å². The van der Waals surface area contributed by atoms with Gasteiger partial charge in [-0.25, -0.2) is 4.79 Å². The monoisotopic (exact) mass is 256 g/mol. The van der Waals surface area contributed by atoms with Gasteiger partial charge in [0.1, 0.15) is 0 Å². The molecule has 0 atom stereocenters. The summed E-state index contributed by atoms with van der Waals surface area (Å²) in [6.45, 7) is 8.51. The summed E-state index contributed by atoms with van der Waals surface area (Å²) in [5.41, 5.74) is 0. The second-order valence-corrected chi connectivity index (χ2v) is 5.03. The molecule has 1 aliphatic heterocycles. The maximum absolute atomic E-state index is 11.6. The zero-order chi connectivity index (χ0) is 13.4. The summed E-state index contributed by atoms with van der Waals surface area (Å²) in [5, 5.41) is 8.28. The summed E-state index contributed by atoms with van der Waals surface area (Å²) in [7, 11) is 0. The normalized spacial score (nSPS) is 17.3. The Morgan fingerprint density at radius 2 is 2.06 bits per heavy atom. The van der Waals surface area contributed by atoms with Gasteiger partial charge in [-0.1, -0.05) is 13.8 Å². The lowest BCUT2D eigenvalue weighted by Gasteiger charge is -2.18. The van der Waals surface area contributed by atoms with E-state index >= 15 is 0 Å². The van der Waals surface area contributed by atoms with Crippen LogP contribution in [0.3, 0.4) is 0 Å². The number of nitrogens with one attached hydrogen (secondary N) is 3. The molecule has 0 spiro atoms. The average Bonchev–Trinajstić information content (AvgIpc) is 2.54. The zero-order valence-electron chi connectivity index (χ0n) is 11.3. The first-order valence-electron chi connectivity index (χ1n) is 6.58. The Hall–Kier alpha value is -1.14. The standard InChI is InChI=1S/C12H24N4O2/c1-10(2)8-14-12(18)15-11(17)9-16-6-3-4-13-5-7-16/h10,13H,3-9H2,1-2H3,(H2,14,15,17,18). The van der Waals surface area contributed by atoms with Crippen LogP contribution in [0.1, 0.15) is 20.3 Å². The summed E-state index contributed by atoms with van der Waals surface area (Å²) in [6, 6.07) is -0.401. The number of hydrogen-bond donors (Lipinski definition) is 3. The molecular formula is C12H24N4O2. The Morgan fingerprint density at radius 3 is 2.78 bits per heavy atom. The fourth-order valence-electron chi connectivity index (χ4n) is 1.77. The van der Waals surface area contributed by atoms with Gasteiger partial charge in [0, 0.05) is 19.6 Å². The third-order valence-electron chi connectivity index (χ3n) is 2.72. The molecule has 0 aliphatic carbocycles. The van der Waals surface area contributed by atoms with Crippen molar-refractivity contribution in [2.24, 2.45) is 5.92 Å². The Kier molecular flexibility index (Phi) is 6.67. The van der Waals surface area contributed by atoms with Crippen molar-refractivity contribution < 1.29 is 9.59 Å². The van der Waals surface area contributed by atoms with Gasteiger partial charge >= 0.3 is 6.03 Å². The van der Waals surface area contributed by atoms with Crippen molar-refractivity contribution in [2.75, 3.05) is 39.3 Å². The van der Waals surface area contributed by atoms with E-state index in [2.05, 4.69) is 20.9 Å². The number of amides is 3. The molecule has 1 rings (SSSR count). The van der Waals surface area contributed by atoms with Crippen molar-refractivity contribution in [3.63, 3.8) is 0 Å². The maximum atomic E-state index is 11.6. The molecule has 0 aromatic rings. The van der Waals surface area contributed by atoms with Crippen molar-refractivity contribution in [1.29, 1.82) is 0 Å². The maximum Gasteiger partial charge on any atom is 0.321 e. The minimum absolute atomic E-state index is 0.238. The third-order valence-corrected chi connectivity index (χ3v) is 2.72. The molecular weight excluding hydrogens is 232 g/mol. The van der Waals surface area contributed by atoms with Gasteiger partial charge in [-0.2, -0.15) is 0 Å². The van der Waals surface area contributed by atoms with E-state index in [0.29, 0.717) is 12.5 Å². The van der Waals surface area contributed by atoms with Gasteiger partial charge < -0.3 is 10.6 Å². The van der Waals surface area contributed by atoms with Gasteiger partial charge in [0.05, 0.1) is 6.54 Å². The second-order valence-electron chi connectivity index (χ2n) is 5.03. The van der Waals surface area contributed by atoms with E-state index in [1.807, 2.05) is 13.8 Å². The molecule has 0 bridgehead atoms. The Bertz CT molecular complexity index is 273. The zero-order valence-corrected chi connectivity index (χ0v) is 11.3.